The lowest BCUT2D eigenvalue weighted by Crippen LogP contribution is -2.29. The Hall–Kier alpha value is -2.93. The number of ether oxygens (including phenoxy) is 1. The Kier molecular flexibility index (Phi) is 5.41. The van der Waals surface area contributed by atoms with Gasteiger partial charge in [0.1, 0.15) is 0 Å². The Morgan fingerprint density at radius 1 is 1.11 bits per heavy atom. The van der Waals surface area contributed by atoms with Gasteiger partial charge in [-0.2, -0.15) is 0 Å². The number of carbonyl (C=O) groups excluding carboxylic acids is 2. The van der Waals surface area contributed by atoms with E-state index in [1.165, 1.54) is 12.7 Å². The lowest BCUT2D eigenvalue weighted by molar-refractivity contribution is -0.114. The number of rotatable bonds is 5. The lowest BCUT2D eigenvalue weighted by Gasteiger charge is -2.15. The molecule has 0 unspecified atom stereocenters. The standard InChI is InChI=1S/C20H21N3O3S/c1-12-5-6-13(2)18-17(12)22-20(27-18)23(3)11-16(24)21-15-9-7-14(8-10-15)19(25)26-4/h5-10H,11H2,1-4H3,(H,21,24). The van der Waals surface area contributed by atoms with E-state index in [1.54, 1.807) is 35.6 Å². The minimum atomic E-state index is -0.408. The summed E-state index contributed by atoms with van der Waals surface area (Å²) in [6, 6.07) is 10.7. The number of nitrogens with zero attached hydrogens (tertiary/aromatic N) is 2. The Bertz CT molecular complexity index is 957. The number of aryl methyl sites for hydroxylation is 2. The smallest absolute Gasteiger partial charge is 0.337 e. The maximum Gasteiger partial charge on any atom is 0.337 e. The number of methoxy groups -OCH3 is 1. The summed E-state index contributed by atoms with van der Waals surface area (Å²) in [6.45, 7) is 4.28. The van der Waals surface area contributed by atoms with Crippen LogP contribution in [0.25, 0.3) is 10.2 Å². The van der Waals surface area contributed by atoms with Crippen LogP contribution in [-0.2, 0) is 9.53 Å². The molecular weight excluding hydrogens is 362 g/mol. The number of thiazole rings is 1. The van der Waals surface area contributed by atoms with Crippen molar-refractivity contribution in [3.05, 3.63) is 53.1 Å². The zero-order valence-corrected chi connectivity index (χ0v) is 16.5. The molecule has 0 saturated heterocycles. The summed E-state index contributed by atoms with van der Waals surface area (Å²) in [5.41, 5.74) is 4.36. The summed E-state index contributed by atoms with van der Waals surface area (Å²) in [4.78, 5) is 30.3. The molecule has 1 N–H and O–H groups in total. The quantitative estimate of drug-likeness (QED) is 0.679. The zero-order valence-electron chi connectivity index (χ0n) is 15.7. The highest BCUT2D eigenvalue weighted by atomic mass is 32.1. The summed E-state index contributed by atoms with van der Waals surface area (Å²) in [6.07, 6.45) is 0. The van der Waals surface area contributed by atoms with Gasteiger partial charge in [0.05, 0.1) is 29.4 Å². The average molecular weight is 383 g/mol. The van der Waals surface area contributed by atoms with Gasteiger partial charge in [-0.25, -0.2) is 9.78 Å². The van der Waals surface area contributed by atoms with Crippen molar-refractivity contribution in [2.75, 3.05) is 30.9 Å². The molecule has 1 heterocycles. The molecule has 0 aliphatic rings. The van der Waals surface area contributed by atoms with Gasteiger partial charge in [0.2, 0.25) is 5.91 Å². The molecule has 1 amide bonds. The fourth-order valence-electron chi connectivity index (χ4n) is 2.70. The van der Waals surface area contributed by atoms with E-state index < -0.39 is 5.97 Å². The average Bonchev–Trinajstić information content (AvgIpc) is 3.11. The van der Waals surface area contributed by atoms with Gasteiger partial charge in [-0.05, 0) is 49.2 Å². The molecule has 0 spiro atoms. The van der Waals surface area contributed by atoms with Crippen LogP contribution in [0.3, 0.4) is 0 Å². The van der Waals surface area contributed by atoms with Crippen molar-refractivity contribution in [2.45, 2.75) is 13.8 Å². The highest BCUT2D eigenvalue weighted by Crippen LogP contribution is 2.32. The van der Waals surface area contributed by atoms with Crippen molar-refractivity contribution in [1.82, 2.24) is 4.98 Å². The van der Waals surface area contributed by atoms with Gasteiger partial charge >= 0.3 is 5.97 Å². The van der Waals surface area contributed by atoms with Crippen LogP contribution < -0.4 is 10.2 Å². The van der Waals surface area contributed by atoms with Crippen molar-refractivity contribution < 1.29 is 14.3 Å². The lowest BCUT2D eigenvalue weighted by atomic mass is 10.1. The Balaban J connectivity index is 1.68. The number of hydrogen-bond donors (Lipinski definition) is 1. The predicted octanol–water partition coefficient (Wildman–Crippen LogP) is 3.77. The fraction of sp³-hybridized carbons (Fsp3) is 0.250. The first kappa shape index (κ1) is 18.8. The normalized spacial score (nSPS) is 10.7. The third kappa shape index (κ3) is 4.09. The highest BCUT2D eigenvalue weighted by Gasteiger charge is 2.14. The maximum atomic E-state index is 12.4. The van der Waals surface area contributed by atoms with Gasteiger partial charge in [0, 0.05) is 12.7 Å². The first-order chi connectivity index (χ1) is 12.9. The third-order valence-corrected chi connectivity index (χ3v) is 5.53. The van der Waals surface area contributed by atoms with Gasteiger partial charge in [-0.15, -0.1) is 0 Å². The largest absolute Gasteiger partial charge is 0.465 e. The molecule has 0 radical (unpaired) electrons. The number of fused-ring (bicyclic) bond motifs is 1. The summed E-state index contributed by atoms with van der Waals surface area (Å²) in [5, 5.41) is 3.63. The van der Waals surface area contributed by atoms with E-state index in [1.807, 2.05) is 18.9 Å². The molecular formula is C20H21N3O3S. The summed E-state index contributed by atoms with van der Waals surface area (Å²) in [7, 11) is 3.18. The molecule has 1 aromatic heterocycles. The molecule has 6 nitrogen and oxygen atoms in total. The van der Waals surface area contributed by atoms with Crippen LogP contribution >= 0.6 is 11.3 Å². The Morgan fingerprint density at radius 3 is 2.41 bits per heavy atom. The maximum absolute atomic E-state index is 12.4. The molecule has 3 aromatic rings. The van der Waals surface area contributed by atoms with Crippen LogP contribution in [0, 0.1) is 13.8 Å². The minimum absolute atomic E-state index is 0.156. The summed E-state index contributed by atoms with van der Waals surface area (Å²) in [5.74, 6) is -0.565. The van der Waals surface area contributed by atoms with E-state index in [0.29, 0.717) is 11.3 Å². The molecule has 7 heteroatoms. The van der Waals surface area contributed by atoms with Gasteiger partial charge < -0.3 is 15.0 Å². The van der Waals surface area contributed by atoms with E-state index in [9.17, 15) is 9.59 Å². The van der Waals surface area contributed by atoms with Gasteiger partial charge in [0.25, 0.3) is 0 Å². The zero-order chi connectivity index (χ0) is 19.6. The fourth-order valence-corrected chi connectivity index (χ4v) is 3.77. The van der Waals surface area contributed by atoms with Crippen LogP contribution in [0.1, 0.15) is 21.5 Å². The van der Waals surface area contributed by atoms with E-state index >= 15 is 0 Å². The van der Waals surface area contributed by atoms with Gasteiger partial charge in [0.15, 0.2) is 5.13 Å². The second-order valence-electron chi connectivity index (χ2n) is 6.35. The van der Waals surface area contributed by atoms with Crippen LogP contribution in [0.5, 0.6) is 0 Å². The van der Waals surface area contributed by atoms with Crippen LogP contribution in [0.2, 0.25) is 0 Å². The van der Waals surface area contributed by atoms with Crippen LogP contribution in [-0.4, -0.2) is 37.6 Å². The van der Waals surface area contributed by atoms with Crippen molar-refractivity contribution in [2.24, 2.45) is 0 Å². The third-order valence-electron chi connectivity index (χ3n) is 4.23. The molecule has 3 rings (SSSR count). The second-order valence-corrected chi connectivity index (χ2v) is 7.32. The first-order valence-electron chi connectivity index (χ1n) is 8.45. The number of anilines is 2. The molecule has 27 heavy (non-hydrogen) atoms. The monoisotopic (exact) mass is 383 g/mol. The number of hydrogen-bond acceptors (Lipinski definition) is 6. The van der Waals surface area contributed by atoms with E-state index in [-0.39, 0.29) is 12.5 Å². The van der Waals surface area contributed by atoms with Crippen molar-refractivity contribution >= 4 is 44.2 Å². The molecule has 0 fully saturated rings. The van der Waals surface area contributed by atoms with Crippen molar-refractivity contribution in [3.63, 3.8) is 0 Å². The van der Waals surface area contributed by atoms with Crippen molar-refractivity contribution in [1.29, 1.82) is 0 Å². The van der Waals surface area contributed by atoms with E-state index in [0.717, 1.165) is 20.9 Å². The summed E-state index contributed by atoms with van der Waals surface area (Å²) < 4.78 is 5.81. The molecule has 0 atom stereocenters. The minimum Gasteiger partial charge on any atom is -0.465 e. The highest BCUT2D eigenvalue weighted by molar-refractivity contribution is 7.22. The van der Waals surface area contributed by atoms with Gasteiger partial charge in [-0.1, -0.05) is 23.5 Å². The molecule has 0 bridgehead atoms. The Morgan fingerprint density at radius 2 is 1.78 bits per heavy atom. The number of amides is 1. The van der Waals surface area contributed by atoms with Gasteiger partial charge in [-0.3, -0.25) is 4.79 Å². The predicted molar refractivity (Wildman–Crippen MR) is 109 cm³/mol. The first-order valence-corrected chi connectivity index (χ1v) is 9.27. The number of likely N-dealkylation sites (N-methyl/N-ethyl adjacent to an activating group) is 1. The number of benzene rings is 2. The topological polar surface area (TPSA) is 71.5 Å². The van der Waals surface area contributed by atoms with Crippen LogP contribution in [0.4, 0.5) is 10.8 Å². The van der Waals surface area contributed by atoms with Crippen molar-refractivity contribution in [3.8, 4) is 0 Å². The molecule has 0 aliphatic carbocycles. The second kappa shape index (κ2) is 7.75. The molecule has 2 aromatic carbocycles. The molecule has 0 aliphatic heterocycles. The number of nitrogens with one attached hydrogen (secondary N) is 1. The number of esters is 1. The molecule has 140 valence electrons. The number of carbonyl (C=O) groups is 2. The number of aromatic nitrogens is 1. The van der Waals surface area contributed by atoms with Crippen LogP contribution in [0.15, 0.2) is 36.4 Å². The Labute approximate surface area is 161 Å². The summed E-state index contributed by atoms with van der Waals surface area (Å²) >= 11 is 1.59. The molecule has 0 saturated carbocycles. The SMILES string of the molecule is COC(=O)c1ccc(NC(=O)CN(C)c2nc3c(C)ccc(C)c3s2)cc1. The van der Waals surface area contributed by atoms with E-state index in [2.05, 4.69) is 34.1 Å². The van der Waals surface area contributed by atoms with E-state index in [4.69, 9.17) is 0 Å².